The van der Waals surface area contributed by atoms with Crippen LogP contribution in [-0.4, -0.2) is 25.5 Å². The van der Waals surface area contributed by atoms with E-state index in [1.54, 1.807) is 0 Å². The van der Waals surface area contributed by atoms with Crippen molar-refractivity contribution in [3.8, 4) is 0 Å². The molecule has 0 aromatic heterocycles. The lowest BCUT2D eigenvalue weighted by atomic mass is 10.1. The first-order valence-electron chi connectivity index (χ1n) is 5.80. The second kappa shape index (κ2) is 4.90. The van der Waals surface area contributed by atoms with Gasteiger partial charge in [0.1, 0.15) is 6.54 Å². The fourth-order valence-corrected chi connectivity index (χ4v) is 2.19. The standard InChI is InChI=1S/C13H21NO3/c1-8(2)6-9-11(13(9,3)4)12(16)14-7-10(15)17-5/h6,9,11H,7H2,1-5H3,(H,14,16)/t9-,11+/m1/s1. The molecule has 1 N–H and O–H groups in total. The SMILES string of the molecule is COC(=O)CNC(=O)[C@@H]1[C@@H](C=C(C)C)C1(C)C. The minimum absolute atomic E-state index is 0.0164. The summed E-state index contributed by atoms with van der Waals surface area (Å²) in [6, 6.07) is 0. The predicted molar refractivity (Wildman–Crippen MR) is 65.2 cm³/mol. The lowest BCUT2D eigenvalue weighted by molar-refractivity contribution is -0.141. The fraction of sp³-hybridized carbons (Fsp3) is 0.692. The normalized spacial score (nSPS) is 24.8. The van der Waals surface area contributed by atoms with Crippen molar-refractivity contribution >= 4 is 11.9 Å². The van der Waals surface area contributed by atoms with Crippen LogP contribution in [0, 0.1) is 17.3 Å². The van der Waals surface area contributed by atoms with Gasteiger partial charge < -0.3 is 10.1 Å². The van der Waals surface area contributed by atoms with Crippen LogP contribution in [0.4, 0.5) is 0 Å². The maximum Gasteiger partial charge on any atom is 0.325 e. The largest absolute Gasteiger partial charge is 0.468 e. The number of hydrogen-bond donors (Lipinski definition) is 1. The molecule has 0 radical (unpaired) electrons. The molecule has 4 heteroatoms. The van der Waals surface area contributed by atoms with E-state index >= 15 is 0 Å². The van der Waals surface area contributed by atoms with Crippen molar-refractivity contribution in [3.05, 3.63) is 11.6 Å². The number of methoxy groups -OCH3 is 1. The molecule has 0 bridgehead atoms. The Bertz CT molecular complexity index is 354. The molecule has 1 amide bonds. The maximum absolute atomic E-state index is 11.9. The van der Waals surface area contributed by atoms with Crippen molar-refractivity contribution in [2.75, 3.05) is 13.7 Å². The molecule has 2 atom stereocenters. The summed E-state index contributed by atoms with van der Waals surface area (Å²) in [6.45, 7) is 8.14. The van der Waals surface area contributed by atoms with Gasteiger partial charge in [-0.15, -0.1) is 0 Å². The highest BCUT2D eigenvalue weighted by atomic mass is 16.5. The Morgan fingerprint density at radius 1 is 1.35 bits per heavy atom. The van der Waals surface area contributed by atoms with Crippen LogP contribution >= 0.6 is 0 Å². The van der Waals surface area contributed by atoms with Crippen LogP contribution in [0.5, 0.6) is 0 Å². The van der Waals surface area contributed by atoms with Crippen molar-refractivity contribution in [2.45, 2.75) is 27.7 Å². The van der Waals surface area contributed by atoms with Crippen molar-refractivity contribution in [3.63, 3.8) is 0 Å². The third-order valence-electron chi connectivity index (χ3n) is 3.34. The number of carbonyl (C=O) groups is 2. The van der Waals surface area contributed by atoms with E-state index < -0.39 is 5.97 Å². The molecule has 4 nitrogen and oxygen atoms in total. The molecule has 0 spiro atoms. The van der Waals surface area contributed by atoms with E-state index in [0.29, 0.717) is 0 Å². The van der Waals surface area contributed by atoms with Gasteiger partial charge in [-0.25, -0.2) is 0 Å². The highest BCUT2D eigenvalue weighted by molar-refractivity contribution is 5.86. The molecular weight excluding hydrogens is 218 g/mol. The second-order valence-corrected chi connectivity index (χ2v) is 5.36. The molecule has 0 aromatic carbocycles. The first kappa shape index (κ1) is 13.7. The van der Waals surface area contributed by atoms with E-state index in [-0.39, 0.29) is 29.7 Å². The molecule has 0 heterocycles. The number of allylic oxidation sites excluding steroid dienone is 2. The number of carbonyl (C=O) groups excluding carboxylic acids is 2. The summed E-state index contributed by atoms with van der Waals surface area (Å²) in [5.41, 5.74) is 1.20. The molecular formula is C13H21NO3. The summed E-state index contributed by atoms with van der Waals surface area (Å²) < 4.78 is 4.48. The monoisotopic (exact) mass is 239 g/mol. The lowest BCUT2D eigenvalue weighted by Crippen LogP contribution is -2.32. The van der Waals surface area contributed by atoms with Crippen LogP contribution < -0.4 is 5.32 Å². The first-order valence-corrected chi connectivity index (χ1v) is 5.80. The Morgan fingerprint density at radius 3 is 2.41 bits per heavy atom. The van der Waals surface area contributed by atoms with Crippen molar-refractivity contribution in [1.82, 2.24) is 5.32 Å². The molecule has 1 fully saturated rings. The Labute approximate surface area is 102 Å². The van der Waals surface area contributed by atoms with Crippen LogP contribution in [0.3, 0.4) is 0 Å². The average molecular weight is 239 g/mol. The summed E-state index contributed by atoms with van der Waals surface area (Å²) in [4.78, 5) is 22.8. The fourth-order valence-electron chi connectivity index (χ4n) is 2.19. The zero-order valence-corrected chi connectivity index (χ0v) is 11.2. The molecule has 0 unspecified atom stereocenters. The number of ether oxygens (including phenoxy) is 1. The van der Waals surface area contributed by atoms with Crippen molar-refractivity contribution in [2.24, 2.45) is 17.3 Å². The van der Waals surface area contributed by atoms with E-state index in [2.05, 4.69) is 30.0 Å². The van der Waals surface area contributed by atoms with E-state index in [1.165, 1.54) is 12.7 Å². The Kier molecular flexibility index (Phi) is 3.96. The average Bonchev–Trinajstić information content (AvgIpc) is 2.75. The number of hydrogen-bond acceptors (Lipinski definition) is 3. The van der Waals surface area contributed by atoms with Crippen LogP contribution in [0.1, 0.15) is 27.7 Å². The van der Waals surface area contributed by atoms with Crippen LogP contribution in [0.15, 0.2) is 11.6 Å². The summed E-state index contributed by atoms with van der Waals surface area (Å²) in [5.74, 6) is -0.259. The Balaban J connectivity index is 2.54. The van der Waals surface area contributed by atoms with Gasteiger partial charge in [0, 0.05) is 0 Å². The molecule has 0 saturated heterocycles. The maximum atomic E-state index is 11.9. The third-order valence-corrected chi connectivity index (χ3v) is 3.34. The molecule has 1 aliphatic rings. The highest BCUT2D eigenvalue weighted by Gasteiger charge is 2.60. The van der Waals surface area contributed by atoms with E-state index in [4.69, 9.17) is 0 Å². The van der Waals surface area contributed by atoms with Crippen molar-refractivity contribution in [1.29, 1.82) is 0 Å². The Morgan fingerprint density at radius 2 is 1.94 bits per heavy atom. The summed E-state index contributed by atoms with van der Waals surface area (Å²) in [5, 5.41) is 2.61. The van der Waals surface area contributed by atoms with E-state index in [1.807, 2.05) is 13.8 Å². The Hall–Kier alpha value is -1.32. The second-order valence-electron chi connectivity index (χ2n) is 5.36. The number of rotatable bonds is 4. The molecule has 1 saturated carbocycles. The minimum atomic E-state index is -0.421. The minimum Gasteiger partial charge on any atom is -0.468 e. The van der Waals surface area contributed by atoms with Gasteiger partial charge >= 0.3 is 5.97 Å². The van der Waals surface area contributed by atoms with Crippen LogP contribution in [0.2, 0.25) is 0 Å². The smallest absolute Gasteiger partial charge is 0.325 e. The molecule has 1 aliphatic carbocycles. The van der Waals surface area contributed by atoms with Gasteiger partial charge in [0.05, 0.1) is 13.0 Å². The summed E-state index contributed by atoms with van der Waals surface area (Å²) in [6.07, 6.45) is 2.13. The summed E-state index contributed by atoms with van der Waals surface area (Å²) in [7, 11) is 1.31. The third kappa shape index (κ3) is 3.08. The molecule has 0 aromatic rings. The number of nitrogens with one attached hydrogen (secondary N) is 1. The van der Waals surface area contributed by atoms with Crippen LogP contribution in [-0.2, 0) is 14.3 Å². The molecule has 0 aliphatic heterocycles. The number of esters is 1. The van der Waals surface area contributed by atoms with Gasteiger partial charge in [-0.1, -0.05) is 25.5 Å². The predicted octanol–water partition coefficient (Wildman–Crippen LogP) is 1.51. The van der Waals surface area contributed by atoms with Gasteiger partial charge in [-0.2, -0.15) is 0 Å². The van der Waals surface area contributed by atoms with Crippen LogP contribution in [0.25, 0.3) is 0 Å². The van der Waals surface area contributed by atoms with Gasteiger partial charge in [-0.3, -0.25) is 9.59 Å². The van der Waals surface area contributed by atoms with Gasteiger partial charge in [0.25, 0.3) is 0 Å². The molecule has 1 rings (SSSR count). The zero-order valence-electron chi connectivity index (χ0n) is 11.2. The lowest BCUT2D eigenvalue weighted by Gasteiger charge is -2.04. The topological polar surface area (TPSA) is 55.4 Å². The quantitative estimate of drug-likeness (QED) is 0.597. The first-order chi connectivity index (χ1) is 7.80. The zero-order chi connectivity index (χ0) is 13.2. The van der Waals surface area contributed by atoms with E-state index in [0.717, 1.165) is 0 Å². The van der Waals surface area contributed by atoms with Gasteiger partial charge in [0.2, 0.25) is 5.91 Å². The highest BCUT2D eigenvalue weighted by Crippen LogP contribution is 2.59. The van der Waals surface area contributed by atoms with Gasteiger partial charge in [-0.05, 0) is 25.2 Å². The van der Waals surface area contributed by atoms with Crippen molar-refractivity contribution < 1.29 is 14.3 Å². The summed E-state index contributed by atoms with van der Waals surface area (Å²) >= 11 is 0. The van der Waals surface area contributed by atoms with Gasteiger partial charge in [0.15, 0.2) is 0 Å². The molecule has 96 valence electrons. The van der Waals surface area contributed by atoms with E-state index in [9.17, 15) is 9.59 Å². The molecule has 17 heavy (non-hydrogen) atoms. The number of amides is 1.